The second kappa shape index (κ2) is 7.13. The zero-order valence-electron chi connectivity index (χ0n) is 15.1. The molecular weight excluding hydrogens is 377 g/mol. The van der Waals surface area contributed by atoms with Crippen molar-refractivity contribution in [3.05, 3.63) is 106 Å². The van der Waals surface area contributed by atoms with Crippen molar-refractivity contribution >= 4 is 28.8 Å². The molecule has 0 fully saturated rings. The number of carbonyl (C=O) groups excluding carboxylic acids is 1. The quantitative estimate of drug-likeness (QED) is 0.606. The first-order valence-electron chi connectivity index (χ1n) is 8.80. The Balaban J connectivity index is 1.90. The van der Waals surface area contributed by atoms with Crippen molar-refractivity contribution in [2.24, 2.45) is 0 Å². The number of aryl methyl sites for hydroxylation is 1. The molecule has 3 nitrogen and oxygen atoms in total. The molecule has 4 rings (SSSR count). The van der Waals surface area contributed by atoms with E-state index in [9.17, 15) is 14.3 Å². The van der Waals surface area contributed by atoms with E-state index in [0.717, 1.165) is 16.7 Å². The lowest BCUT2D eigenvalue weighted by Crippen LogP contribution is -2.30. The molecule has 0 bridgehead atoms. The maximum Gasteiger partial charge on any atom is 0.294 e. The molecule has 1 atom stereocenters. The molecular formula is C23H17ClFNO2. The summed E-state index contributed by atoms with van der Waals surface area (Å²) in [6.45, 7) is 1.97. The Labute approximate surface area is 167 Å². The van der Waals surface area contributed by atoms with Crippen molar-refractivity contribution in [2.75, 3.05) is 4.90 Å². The summed E-state index contributed by atoms with van der Waals surface area (Å²) in [5.74, 6) is -1.23. The van der Waals surface area contributed by atoms with Gasteiger partial charge < -0.3 is 5.11 Å². The van der Waals surface area contributed by atoms with Crippen LogP contribution in [0.1, 0.15) is 22.7 Å². The van der Waals surface area contributed by atoms with Gasteiger partial charge in [0.05, 0.1) is 6.04 Å². The summed E-state index contributed by atoms with van der Waals surface area (Å²) in [6.07, 6.45) is 0. The van der Waals surface area contributed by atoms with E-state index >= 15 is 0 Å². The number of benzene rings is 3. The Hall–Kier alpha value is -3.11. The minimum Gasteiger partial charge on any atom is -0.503 e. The zero-order chi connectivity index (χ0) is 19.8. The summed E-state index contributed by atoms with van der Waals surface area (Å²) in [6, 6.07) is 19.8. The number of aliphatic hydroxyl groups is 1. The first-order valence-corrected chi connectivity index (χ1v) is 9.18. The Bertz CT molecular complexity index is 1060. The van der Waals surface area contributed by atoms with Crippen LogP contribution < -0.4 is 4.90 Å². The van der Waals surface area contributed by atoms with Gasteiger partial charge >= 0.3 is 0 Å². The highest BCUT2D eigenvalue weighted by Gasteiger charge is 2.41. The molecule has 5 heteroatoms. The van der Waals surface area contributed by atoms with Gasteiger partial charge in [-0.15, -0.1) is 0 Å². The van der Waals surface area contributed by atoms with E-state index in [0.29, 0.717) is 16.3 Å². The van der Waals surface area contributed by atoms with Gasteiger partial charge in [-0.25, -0.2) is 4.39 Å². The normalized spacial score (nSPS) is 16.8. The van der Waals surface area contributed by atoms with Crippen molar-refractivity contribution in [1.29, 1.82) is 0 Å². The summed E-state index contributed by atoms with van der Waals surface area (Å²) in [4.78, 5) is 14.5. The highest BCUT2D eigenvalue weighted by atomic mass is 35.5. The Morgan fingerprint density at radius 1 is 0.929 bits per heavy atom. The standard InChI is InChI=1S/C23H17ClFNO2/c1-14-2-4-15(5-3-14)20-21(16-6-8-17(24)9-7-16)26(23(28)22(20)27)19-12-10-18(25)11-13-19/h2-13,21,27H,1H3. The summed E-state index contributed by atoms with van der Waals surface area (Å²) in [5, 5.41) is 11.3. The van der Waals surface area contributed by atoms with E-state index < -0.39 is 17.8 Å². The van der Waals surface area contributed by atoms with E-state index in [1.54, 1.807) is 12.1 Å². The molecule has 1 unspecified atom stereocenters. The molecule has 3 aromatic carbocycles. The minimum atomic E-state index is -0.557. The number of anilines is 1. The van der Waals surface area contributed by atoms with E-state index in [2.05, 4.69) is 0 Å². The maximum atomic E-state index is 13.4. The molecule has 0 spiro atoms. The maximum absolute atomic E-state index is 13.4. The van der Waals surface area contributed by atoms with Crippen LogP contribution in [0.2, 0.25) is 5.02 Å². The molecule has 28 heavy (non-hydrogen) atoms. The predicted octanol–water partition coefficient (Wildman–Crippen LogP) is 5.84. The van der Waals surface area contributed by atoms with Crippen LogP contribution in [-0.4, -0.2) is 11.0 Å². The van der Waals surface area contributed by atoms with Crippen LogP contribution in [-0.2, 0) is 4.79 Å². The number of halogens is 2. The number of aliphatic hydroxyl groups excluding tert-OH is 1. The van der Waals surface area contributed by atoms with Crippen molar-refractivity contribution < 1.29 is 14.3 Å². The van der Waals surface area contributed by atoms with Gasteiger partial charge in [-0.05, 0) is 54.4 Å². The third-order valence-electron chi connectivity index (χ3n) is 4.86. The fourth-order valence-corrected chi connectivity index (χ4v) is 3.59. The van der Waals surface area contributed by atoms with Crippen molar-refractivity contribution in [3.8, 4) is 0 Å². The minimum absolute atomic E-state index is 0.312. The molecule has 1 aliphatic heterocycles. The molecule has 0 aromatic heterocycles. The fourth-order valence-electron chi connectivity index (χ4n) is 3.46. The first-order chi connectivity index (χ1) is 13.5. The van der Waals surface area contributed by atoms with Crippen molar-refractivity contribution in [1.82, 2.24) is 0 Å². The van der Waals surface area contributed by atoms with Gasteiger partial charge in [-0.2, -0.15) is 0 Å². The van der Waals surface area contributed by atoms with Gasteiger partial charge in [-0.1, -0.05) is 53.6 Å². The lowest BCUT2D eigenvalue weighted by atomic mass is 9.93. The van der Waals surface area contributed by atoms with E-state index in [1.807, 2.05) is 43.3 Å². The summed E-state index contributed by atoms with van der Waals surface area (Å²) in [7, 11) is 0. The van der Waals surface area contributed by atoms with Crippen molar-refractivity contribution in [3.63, 3.8) is 0 Å². The largest absolute Gasteiger partial charge is 0.503 e. The molecule has 1 aliphatic rings. The number of nitrogens with zero attached hydrogens (tertiary/aromatic N) is 1. The summed E-state index contributed by atoms with van der Waals surface area (Å²) >= 11 is 6.03. The Morgan fingerprint density at radius 2 is 1.54 bits per heavy atom. The van der Waals surface area contributed by atoms with Crippen molar-refractivity contribution in [2.45, 2.75) is 13.0 Å². The van der Waals surface area contributed by atoms with Gasteiger partial charge in [-0.3, -0.25) is 9.69 Å². The van der Waals surface area contributed by atoms with Crippen LogP contribution in [0, 0.1) is 12.7 Å². The first kappa shape index (κ1) is 18.3. The summed E-state index contributed by atoms with van der Waals surface area (Å²) < 4.78 is 13.4. The van der Waals surface area contributed by atoms with Crippen LogP contribution in [0.3, 0.4) is 0 Å². The Morgan fingerprint density at radius 3 is 2.14 bits per heavy atom. The lowest BCUT2D eigenvalue weighted by Gasteiger charge is -2.27. The molecule has 1 N–H and O–H groups in total. The third-order valence-corrected chi connectivity index (χ3v) is 5.11. The van der Waals surface area contributed by atoms with Gasteiger partial charge in [0, 0.05) is 16.3 Å². The van der Waals surface area contributed by atoms with Crippen LogP contribution in [0.15, 0.2) is 78.6 Å². The molecule has 1 heterocycles. The highest BCUT2D eigenvalue weighted by Crippen LogP contribution is 2.45. The zero-order valence-corrected chi connectivity index (χ0v) is 15.8. The molecule has 0 saturated carbocycles. The van der Waals surface area contributed by atoms with Gasteiger partial charge in [0.2, 0.25) is 0 Å². The molecule has 0 saturated heterocycles. The number of rotatable bonds is 3. The molecule has 3 aromatic rings. The molecule has 140 valence electrons. The molecule has 1 amide bonds. The van der Waals surface area contributed by atoms with Gasteiger partial charge in [0.15, 0.2) is 5.76 Å². The number of amides is 1. The monoisotopic (exact) mass is 393 g/mol. The number of hydrogen-bond acceptors (Lipinski definition) is 2. The highest BCUT2D eigenvalue weighted by molar-refractivity contribution is 6.30. The third kappa shape index (κ3) is 3.16. The fraction of sp³-hybridized carbons (Fsp3) is 0.0870. The second-order valence-electron chi connectivity index (χ2n) is 6.73. The summed E-state index contributed by atoms with van der Waals surface area (Å²) in [5.41, 5.74) is 3.63. The molecule has 0 radical (unpaired) electrons. The van der Waals surface area contributed by atoms with E-state index in [-0.39, 0.29) is 5.76 Å². The average Bonchev–Trinajstić information content (AvgIpc) is 2.95. The van der Waals surface area contributed by atoms with Gasteiger partial charge in [0.25, 0.3) is 5.91 Å². The second-order valence-corrected chi connectivity index (χ2v) is 7.17. The molecule has 0 aliphatic carbocycles. The van der Waals surface area contributed by atoms with Crippen LogP contribution in [0.5, 0.6) is 0 Å². The Kier molecular flexibility index (Phi) is 4.65. The van der Waals surface area contributed by atoms with E-state index in [1.165, 1.54) is 29.2 Å². The van der Waals surface area contributed by atoms with E-state index in [4.69, 9.17) is 11.6 Å². The number of hydrogen-bond donors (Lipinski definition) is 1. The topological polar surface area (TPSA) is 40.5 Å². The van der Waals surface area contributed by atoms with Crippen LogP contribution in [0.25, 0.3) is 5.57 Å². The lowest BCUT2D eigenvalue weighted by molar-refractivity contribution is -0.117. The average molecular weight is 394 g/mol. The predicted molar refractivity (Wildman–Crippen MR) is 109 cm³/mol. The van der Waals surface area contributed by atoms with Crippen LogP contribution >= 0.6 is 11.6 Å². The smallest absolute Gasteiger partial charge is 0.294 e. The van der Waals surface area contributed by atoms with Crippen LogP contribution in [0.4, 0.5) is 10.1 Å². The van der Waals surface area contributed by atoms with Gasteiger partial charge in [0.1, 0.15) is 5.82 Å². The SMILES string of the molecule is Cc1ccc(C2=C(O)C(=O)N(c3ccc(F)cc3)C2c2ccc(Cl)cc2)cc1. The number of carbonyl (C=O) groups is 1.